The Bertz CT molecular complexity index is 240. The molecular weight excluding hydrogens is 118 g/mol. The van der Waals surface area contributed by atoms with E-state index in [1.165, 1.54) is 0 Å². The molecule has 1 aromatic rings. The summed E-state index contributed by atoms with van der Waals surface area (Å²) in [6, 6.07) is 0. The Morgan fingerprint density at radius 3 is 3.56 bits per heavy atom. The first-order valence-electron chi connectivity index (χ1n) is 2.65. The number of rotatable bonds is 0. The van der Waals surface area contributed by atoms with Crippen molar-refractivity contribution in [3.8, 4) is 0 Å². The molecule has 4 heteroatoms. The van der Waals surface area contributed by atoms with Gasteiger partial charge in [0.25, 0.3) is 0 Å². The van der Waals surface area contributed by atoms with Crippen molar-refractivity contribution >= 4 is 12.1 Å². The first-order chi connectivity index (χ1) is 4.47. The zero-order valence-electron chi connectivity index (χ0n) is 4.66. The summed E-state index contributed by atoms with van der Waals surface area (Å²) in [6.45, 7) is 0.586. The van der Waals surface area contributed by atoms with Crippen LogP contribution in [-0.4, -0.2) is 18.0 Å². The first-order valence-corrected chi connectivity index (χ1v) is 2.65. The van der Waals surface area contributed by atoms with E-state index in [9.17, 15) is 0 Å². The molecule has 0 fully saturated rings. The Morgan fingerprint density at radius 1 is 1.67 bits per heavy atom. The normalized spacial score (nSPS) is 14.7. The van der Waals surface area contributed by atoms with Crippen molar-refractivity contribution < 1.29 is 4.52 Å². The van der Waals surface area contributed by atoms with Gasteiger partial charge in [-0.15, -0.1) is 0 Å². The summed E-state index contributed by atoms with van der Waals surface area (Å²) in [5.74, 6) is 0.713. The predicted molar refractivity (Wildman–Crippen MR) is 32.6 cm³/mol. The highest BCUT2D eigenvalue weighted by molar-refractivity contribution is 5.86. The molecule has 0 atom stereocenters. The molecule has 0 saturated heterocycles. The summed E-state index contributed by atoms with van der Waals surface area (Å²) in [4.78, 5) is 3.95. The zero-order valence-corrected chi connectivity index (χ0v) is 4.66. The van der Waals surface area contributed by atoms with Crippen LogP contribution in [0.3, 0.4) is 0 Å². The lowest BCUT2D eigenvalue weighted by molar-refractivity contribution is 0.432. The molecule has 9 heavy (non-hydrogen) atoms. The van der Waals surface area contributed by atoms with Crippen LogP contribution in [0.4, 0.5) is 5.88 Å². The topological polar surface area (TPSA) is 50.4 Å². The number of hydrogen-bond acceptors (Lipinski definition) is 4. The number of nitrogens with one attached hydrogen (secondary N) is 1. The fraction of sp³-hybridized carbons (Fsp3) is 0.200. The van der Waals surface area contributed by atoms with Gasteiger partial charge in [0.15, 0.2) is 0 Å². The molecule has 0 saturated carbocycles. The predicted octanol–water partition coefficient (Wildman–Crippen LogP) is 0.476. The Labute approximate surface area is 51.6 Å². The molecule has 0 bridgehead atoms. The van der Waals surface area contributed by atoms with Crippen LogP contribution < -0.4 is 5.32 Å². The lowest BCUT2D eigenvalue weighted by Crippen LogP contribution is -2.04. The summed E-state index contributed by atoms with van der Waals surface area (Å²) in [5.41, 5.74) is 0.918. The van der Waals surface area contributed by atoms with Crippen LogP contribution in [0.5, 0.6) is 0 Å². The molecule has 0 spiro atoms. The van der Waals surface area contributed by atoms with Crippen molar-refractivity contribution in [2.24, 2.45) is 4.99 Å². The summed E-state index contributed by atoms with van der Waals surface area (Å²) in [7, 11) is 0. The molecule has 1 aliphatic rings. The zero-order chi connectivity index (χ0) is 6.10. The highest BCUT2D eigenvalue weighted by Crippen LogP contribution is 2.13. The fourth-order valence-electron chi connectivity index (χ4n) is 0.735. The van der Waals surface area contributed by atoms with Gasteiger partial charge in [-0.2, -0.15) is 0 Å². The van der Waals surface area contributed by atoms with E-state index < -0.39 is 0 Å². The molecule has 2 heterocycles. The van der Waals surface area contributed by atoms with Gasteiger partial charge in [0, 0.05) is 6.21 Å². The molecule has 0 unspecified atom stereocenters. The number of anilines is 1. The van der Waals surface area contributed by atoms with E-state index in [4.69, 9.17) is 4.52 Å². The van der Waals surface area contributed by atoms with Crippen LogP contribution in [0.2, 0.25) is 0 Å². The Morgan fingerprint density at radius 2 is 2.67 bits per heavy atom. The number of aromatic nitrogens is 1. The van der Waals surface area contributed by atoms with Gasteiger partial charge in [0.1, 0.15) is 6.67 Å². The largest absolute Gasteiger partial charge is 0.338 e. The summed E-state index contributed by atoms with van der Waals surface area (Å²) >= 11 is 0. The summed E-state index contributed by atoms with van der Waals surface area (Å²) in [6.07, 6.45) is 3.37. The molecule has 0 amide bonds. The van der Waals surface area contributed by atoms with E-state index in [0.29, 0.717) is 12.6 Å². The van der Waals surface area contributed by atoms with Crippen LogP contribution in [0.1, 0.15) is 5.56 Å². The van der Waals surface area contributed by atoms with Crippen molar-refractivity contribution in [2.75, 3.05) is 12.0 Å². The number of fused-ring (bicyclic) bond motifs is 1. The second kappa shape index (κ2) is 1.58. The molecule has 0 aliphatic carbocycles. The van der Waals surface area contributed by atoms with Crippen LogP contribution >= 0.6 is 0 Å². The maximum absolute atomic E-state index is 4.80. The summed E-state index contributed by atoms with van der Waals surface area (Å²) < 4.78 is 4.80. The summed E-state index contributed by atoms with van der Waals surface area (Å²) in [5, 5.41) is 6.49. The number of hydrogen-bond donors (Lipinski definition) is 1. The number of aliphatic imine (C=N–C) groups is 1. The van der Waals surface area contributed by atoms with E-state index in [1.54, 1.807) is 12.4 Å². The van der Waals surface area contributed by atoms with Crippen LogP contribution in [0, 0.1) is 0 Å². The second-order valence-electron chi connectivity index (χ2n) is 1.76. The molecule has 1 N–H and O–H groups in total. The third-order valence-corrected chi connectivity index (χ3v) is 1.16. The van der Waals surface area contributed by atoms with Gasteiger partial charge < -0.3 is 9.84 Å². The van der Waals surface area contributed by atoms with Gasteiger partial charge in [-0.05, 0) is 0 Å². The third kappa shape index (κ3) is 0.595. The van der Waals surface area contributed by atoms with Crippen molar-refractivity contribution in [1.82, 2.24) is 5.16 Å². The van der Waals surface area contributed by atoms with Crippen LogP contribution in [0.15, 0.2) is 15.7 Å². The standard InChI is InChI=1S/C5H5N3O/c1-4-2-8-9-5(4)7-3-6-1/h1-2,7H,3H2. The molecule has 0 aromatic carbocycles. The molecule has 2 rings (SSSR count). The Hall–Kier alpha value is -1.32. The van der Waals surface area contributed by atoms with E-state index in [-0.39, 0.29) is 0 Å². The van der Waals surface area contributed by atoms with E-state index in [0.717, 1.165) is 5.56 Å². The Balaban J connectivity index is 2.53. The van der Waals surface area contributed by atoms with Gasteiger partial charge >= 0.3 is 0 Å². The number of nitrogens with zero attached hydrogens (tertiary/aromatic N) is 2. The molecule has 0 radical (unpaired) electrons. The van der Waals surface area contributed by atoms with Gasteiger partial charge in [0.05, 0.1) is 11.8 Å². The fourth-order valence-corrected chi connectivity index (χ4v) is 0.735. The minimum Gasteiger partial charge on any atom is -0.338 e. The highest BCUT2D eigenvalue weighted by atomic mass is 16.5. The minimum absolute atomic E-state index is 0.586. The van der Waals surface area contributed by atoms with Crippen molar-refractivity contribution in [3.05, 3.63) is 11.8 Å². The maximum Gasteiger partial charge on any atom is 0.234 e. The van der Waals surface area contributed by atoms with Gasteiger partial charge in [-0.1, -0.05) is 5.16 Å². The van der Waals surface area contributed by atoms with E-state index >= 15 is 0 Å². The average Bonchev–Trinajstić information content (AvgIpc) is 2.33. The molecule has 1 aromatic heterocycles. The third-order valence-electron chi connectivity index (χ3n) is 1.16. The van der Waals surface area contributed by atoms with Crippen LogP contribution in [-0.2, 0) is 0 Å². The minimum atomic E-state index is 0.586. The maximum atomic E-state index is 4.80. The van der Waals surface area contributed by atoms with Crippen molar-refractivity contribution in [1.29, 1.82) is 0 Å². The first kappa shape index (κ1) is 4.55. The van der Waals surface area contributed by atoms with Crippen molar-refractivity contribution in [2.45, 2.75) is 0 Å². The van der Waals surface area contributed by atoms with Gasteiger partial charge in [-0.3, -0.25) is 4.99 Å². The molecule has 4 nitrogen and oxygen atoms in total. The average molecular weight is 123 g/mol. The highest BCUT2D eigenvalue weighted by Gasteiger charge is 2.06. The Kier molecular flexibility index (Phi) is 0.798. The lowest BCUT2D eigenvalue weighted by atomic mass is 10.3. The van der Waals surface area contributed by atoms with E-state index in [2.05, 4.69) is 15.5 Å². The van der Waals surface area contributed by atoms with Crippen LogP contribution in [0.25, 0.3) is 0 Å². The monoisotopic (exact) mass is 123 g/mol. The van der Waals surface area contributed by atoms with E-state index in [1.807, 2.05) is 0 Å². The quantitative estimate of drug-likeness (QED) is 0.545. The van der Waals surface area contributed by atoms with Crippen molar-refractivity contribution in [3.63, 3.8) is 0 Å². The second-order valence-corrected chi connectivity index (χ2v) is 1.76. The molecule has 46 valence electrons. The molecule has 1 aliphatic heterocycles. The smallest absolute Gasteiger partial charge is 0.234 e. The SMILES string of the molecule is C1=NCNc2oncc21. The van der Waals surface area contributed by atoms with Gasteiger partial charge in [-0.25, -0.2) is 0 Å². The molecular formula is C5H5N3O. The lowest BCUT2D eigenvalue weighted by Gasteiger charge is -2.01. The van der Waals surface area contributed by atoms with Gasteiger partial charge in [0.2, 0.25) is 5.88 Å².